The van der Waals surface area contributed by atoms with Gasteiger partial charge in [-0.1, -0.05) is 0 Å². The van der Waals surface area contributed by atoms with Crippen LogP contribution in [0.25, 0.3) is 0 Å². The summed E-state index contributed by atoms with van der Waals surface area (Å²) in [7, 11) is 0. The van der Waals surface area contributed by atoms with Crippen LogP contribution in [-0.2, 0) is 25.7 Å². The molecule has 0 aliphatic heterocycles. The maximum atomic E-state index is 12.1. The SMILES string of the molecule is CCOCC(=O)N[C@@H]1C[C@H](C(=O)NCc2ccn[nH]2)C[C@H]1O.O=CO. The first-order chi connectivity index (χ1) is 12.0. The van der Waals surface area contributed by atoms with Gasteiger partial charge in [0.15, 0.2) is 0 Å². The molecule has 25 heavy (non-hydrogen) atoms. The second-order valence-electron chi connectivity index (χ2n) is 5.45. The Balaban J connectivity index is 0.000000970. The van der Waals surface area contributed by atoms with Crippen LogP contribution in [-0.4, -0.2) is 64.1 Å². The van der Waals surface area contributed by atoms with Crippen molar-refractivity contribution in [3.8, 4) is 0 Å². The molecule has 2 rings (SSSR count). The van der Waals surface area contributed by atoms with Gasteiger partial charge in [0.2, 0.25) is 11.8 Å². The number of carboxylic acid groups (broad SMARTS) is 1. The fraction of sp³-hybridized carbons (Fsp3) is 0.600. The number of aromatic nitrogens is 2. The molecule has 0 aromatic carbocycles. The number of nitrogens with one attached hydrogen (secondary N) is 3. The number of amides is 2. The Morgan fingerprint density at radius 1 is 1.48 bits per heavy atom. The van der Waals surface area contributed by atoms with E-state index in [-0.39, 0.29) is 30.8 Å². The number of carbonyl (C=O) groups excluding carboxylic acids is 2. The fourth-order valence-electron chi connectivity index (χ4n) is 2.54. The van der Waals surface area contributed by atoms with Gasteiger partial charge in [-0.2, -0.15) is 5.10 Å². The zero-order valence-electron chi connectivity index (χ0n) is 14.0. The van der Waals surface area contributed by atoms with Crippen molar-refractivity contribution in [3.05, 3.63) is 18.0 Å². The van der Waals surface area contributed by atoms with E-state index >= 15 is 0 Å². The minimum absolute atomic E-state index is 0.0313. The van der Waals surface area contributed by atoms with Crippen LogP contribution in [0.1, 0.15) is 25.5 Å². The van der Waals surface area contributed by atoms with Gasteiger partial charge in [-0.05, 0) is 25.8 Å². The molecular weight excluding hydrogens is 332 g/mol. The monoisotopic (exact) mass is 356 g/mol. The van der Waals surface area contributed by atoms with Crippen LogP contribution in [0, 0.1) is 5.92 Å². The van der Waals surface area contributed by atoms with Gasteiger partial charge in [0.1, 0.15) is 6.61 Å². The Kier molecular flexibility index (Phi) is 9.19. The largest absolute Gasteiger partial charge is 0.483 e. The van der Waals surface area contributed by atoms with Gasteiger partial charge in [0.05, 0.1) is 24.4 Å². The summed E-state index contributed by atoms with van der Waals surface area (Å²) >= 11 is 0. The highest BCUT2D eigenvalue weighted by Crippen LogP contribution is 2.26. The van der Waals surface area contributed by atoms with Gasteiger partial charge >= 0.3 is 0 Å². The van der Waals surface area contributed by atoms with Gasteiger partial charge in [-0.25, -0.2) is 0 Å². The second-order valence-corrected chi connectivity index (χ2v) is 5.45. The Morgan fingerprint density at radius 2 is 2.20 bits per heavy atom. The lowest BCUT2D eigenvalue weighted by Gasteiger charge is -2.16. The lowest BCUT2D eigenvalue weighted by molar-refractivity contribution is -0.127. The summed E-state index contributed by atoms with van der Waals surface area (Å²) in [4.78, 5) is 32.1. The maximum absolute atomic E-state index is 12.1. The predicted molar refractivity (Wildman–Crippen MR) is 86.3 cm³/mol. The van der Waals surface area contributed by atoms with Gasteiger partial charge in [0, 0.05) is 18.7 Å². The molecule has 10 heteroatoms. The van der Waals surface area contributed by atoms with Crippen LogP contribution >= 0.6 is 0 Å². The Labute approximate surface area is 144 Å². The molecule has 5 N–H and O–H groups in total. The Hall–Kier alpha value is -2.46. The maximum Gasteiger partial charge on any atom is 0.290 e. The lowest BCUT2D eigenvalue weighted by Crippen LogP contribution is -2.41. The molecule has 0 unspecified atom stereocenters. The summed E-state index contributed by atoms with van der Waals surface area (Å²) in [6.45, 7) is 2.35. The number of H-pyrrole nitrogens is 1. The van der Waals surface area contributed by atoms with E-state index in [9.17, 15) is 14.7 Å². The molecule has 2 amide bonds. The van der Waals surface area contributed by atoms with Crippen LogP contribution < -0.4 is 10.6 Å². The van der Waals surface area contributed by atoms with Crippen molar-refractivity contribution in [1.29, 1.82) is 0 Å². The van der Waals surface area contributed by atoms with Gasteiger partial charge in [0.25, 0.3) is 6.47 Å². The molecule has 1 saturated carbocycles. The first-order valence-corrected chi connectivity index (χ1v) is 7.90. The van der Waals surface area contributed by atoms with Crippen molar-refractivity contribution in [2.24, 2.45) is 5.92 Å². The summed E-state index contributed by atoms with van der Waals surface area (Å²) in [5, 5.41) is 28.9. The quantitative estimate of drug-likeness (QED) is 0.393. The van der Waals surface area contributed by atoms with Crippen molar-refractivity contribution in [2.75, 3.05) is 13.2 Å². The van der Waals surface area contributed by atoms with Crippen molar-refractivity contribution in [2.45, 2.75) is 38.5 Å². The highest BCUT2D eigenvalue weighted by Gasteiger charge is 2.37. The first kappa shape index (κ1) is 20.6. The topological polar surface area (TPSA) is 154 Å². The third-order valence-electron chi connectivity index (χ3n) is 3.69. The van der Waals surface area contributed by atoms with Crippen molar-refractivity contribution in [3.63, 3.8) is 0 Å². The highest BCUT2D eigenvalue weighted by atomic mass is 16.5. The molecule has 1 aliphatic carbocycles. The number of rotatable bonds is 7. The van der Waals surface area contributed by atoms with Crippen LogP contribution in [0.3, 0.4) is 0 Å². The molecule has 0 spiro atoms. The first-order valence-electron chi connectivity index (χ1n) is 7.90. The molecule has 1 aromatic rings. The molecule has 3 atom stereocenters. The predicted octanol–water partition coefficient (Wildman–Crippen LogP) is -0.981. The molecular formula is C15H24N4O6. The van der Waals surface area contributed by atoms with E-state index in [0.717, 1.165) is 5.69 Å². The summed E-state index contributed by atoms with van der Waals surface area (Å²) in [5.41, 5.74) is 0.813. The molecule has 1 heterocycles. The average Bonchev–Trinajstić information content (AvgIpc) is 3.22. The average molecular weight is 356 g/mol. The van der Waals surface area contributed by atoms with E-state index in [1.807, 2.05) is 0 Å². The van der Waals surface area contributed by atoms with Crippen molar-refractivity contribution < 1.29 is 29.3 Å². The van der Waals surface area contributed by atoms with Gasteiger partial charge < -0.3 is 25.6 Å². The number of hydrogen-bond acceptors (Lipinski definition) is 6. The summed E-state index contributed by atoms with van der Waals surface area (Å²) in [5.74, 6) is -0.713. The smallest absolute Gasteiger partial charge is 0.290 e. The van der Waals surface area contributed by atoms with E-state index < -0.39 is 12.1 Å². The van der Waals surface area contributed by atoms with Crippen LogP contribution in [0.2, 0.25) is 0 Å². The highest BCUT2D eigenvalue weighted by molar-refractivity contribution is 5.80. The van der Waals surface area contributed by atoms with Crippen LogP contribution in [0.5, 0.6) is 0 Å². The number of aliphatic hydroxyl groups is 1. The zero-order valence-corrected chi connectivity index (χ0v) is 14.0. The lowest BCUT2D eigenvalue weighted by atomic mass is 10.1. The van der Waals surface area contributed by atoms with Gasteiger partial charge in [-0.3, -0.25) is 19.5 Å². The zero-order chi connectivity index (χ0) is 18.7. The number of carbonyl (C=O) groups is 3. The Bertz CT molecular complexity index is 536. The summed E-state index contributed by atoms with van der Waals surface area (Å²) in [6.07, 6.45) is 1.67. The van der Waals surface area contributed by atoms with E-state index in [2.05, 4.69) is 20.8 Å². The number of hydrogen-bond donors (Lipinski definition) is 5. The Morgan fingerprint density at radius 3 is 2.80 bits per heavy atom. The summed E-state index contributed by atoms with van der Waals surface area (Å²) < 4.78 is 5.01. The molecule has 10 nitrogen and oxygen atoms in total. The molecule has 0 radical (unpaired) electrons. The third-order valence-corrected chi connectivity index (χ3v) is 3.69. The molecule has 0 bridgehead atoms. The van der Waals surface area contributed by atoms with Crippen LogP contribution in [0.15, 0.2) is 12.3 Å². The minimum atomic E-state index is -0.714. The second kappa shape index (κ2) is 11.2. The van der Waals surface area contributed by atoms with E-state index in [1.165, 1.54) is 0 Å². The number of aliphatic hydroxyl groups excluding tert-OH is 1. The molecule has 1 aromatic heterocycles. The minimum Gasteiger partial charge on any atom is -0.483 e. The van der Waals surface area contributed by atoms with Crippen molar-refractivity contribution >= 4 is 18.3 Å². The van der Waals surface area contributed by atoms with Crippen LogP contribution in [0.4, 0.5) is 0 Å². The van der Waals surface area contributed by atoms with E-state index in [4.69, 9.17) is 14.6 Å². The normalized spacial score (nSPS) is 21.8. The number of ether oxygens (including phenoxy) is 1. The molecule has 140 valence electrons. The number of nitrogens with zero attached hydrogens (tertiary/aromatic N) is 1. The molecule has 1 aliphatic rings. The van der Waals surface area contributed by atoms with E-state index in [0.29, 0.717) is 26.0 Å². The summed E-state index contributed by atoms with van der Waals surface area (Å²) in [6, 6.07) is 1.37. The van der Waals surface area contributed by atoms with Gasteiger partial charge in [-0.15, -0.1) is 0 Å². The standard InChI is InChI=1S/C14H22N4O4.CH2O2/c1-2-22-8-13(20)17-11-5-9(6-12(11)19)14(21)15-7-10-3-4-16-18-10;2-1-3/h3-4,9,11-12,19H,2,5-8H2,1H3,(H,15,21)(H,16,18)(H,17,20);1H,(H,2,3)/t9-,11+,12+;/m0./s1. The van der Waals surface area contributed by atoms with Crippen molar-refractivity contribution in [1.82, 2.24) is 20.8 Å². The fourth-order valence-corrected chi connectivity index (χ4v) is 2.54. The van der Waals surface area contributed by atoms with E-state index in [1.54, 1.807) is 19.2 Å². The third kappa shape index (κ3) is 7.31. The number of aromatic amines is 1. The molecule has 0 saturated heterocycles. The molecule has 1 fully saturated rings.